The van der Waals surface area contributed by atoms with Crippen molar-refractivity contribution in [3.05, 3.63) is 65.4 Å². The summed E-state index contributed by atoms with van der Waals surface area (Å²) >= 11 is 5.89. The topological polar surface area (TPSA) is 45.1 Å². The Morgan fingerprint density at radius 3 is 2.80 bits per heavy atom. The van der Waals surface area contributed by atoms with Crippen LogP contribution in [0.3, 0.4) is 0 Å². The number of anilines is 1. The van der Waals surface area contributed by atoms with Crippen molar-refractivity contribution in [2.24, 2.45) is 0 Å². The summed E-state index contributed by atoms with van der Waals surface area (Å²) in [6.45, 7) is 0.648. The number of hydrogen-bond donors (Lipinski definition) is 2. The van der Waals surface area contributed by atoms with Crippen molar-refractivity contribution in [2.75, 3.05) is 5.32 Å². The Bertz CT molecular complexity index is 753. The number of benzene rings is 2. The first-order chi connectivity index (χ1) is 9.74. The van der Waals surface area contributed by atoms with Crippen molar-refractivity contribution in [1.29, 1.82) is 0 Å². The fourth-order valence-electron chi connectivity index (χ4n) is 2.13. The van der Waals surface area contributed by atoms with Gasteiger partial charge in [-0.2, -0.15) is 0 Å². The molecule has 3 rings (SSSR count). The third-order valence-corrected chi connectivity index (χ3v) is 3.48. The van der Waals surface area contributed by atoms with Crippen LogP contribution in [0.15, 0.2) is 54.9 Å². The van der Waals surface area contributed by atoms with Gasteiger partial charge in [0.1, 0.15) is 5.75 Å². The van der Waals surface area contributed by atoms with E-state index in [1.807, 2.05) is 30.6 Å². The molecule has 3 nitrogen and oxygen atoms in total. The Kier molecular flexibility index (Phi) is 3.44. The van der Waals surface area contributed by atoms with Crippen molar-refractivity contribution in [3.63, 3.8) is 0 Å². The Labute approximate surface area is 121 Å². The highest BCUT2D eigenvalue weighted by Gasteiger charge is 2.03. The standard InChI is InChI=1S/C16H13ClN2O/c17-15-7-13(5-6-16(15)20)19-10-12-9-18-8-11-3-1-2-4-14(11)12/h1-9,19-20H,10H2. The molecule has 0 spiro atoms. The number of aromatic nitrogens is 1. The van der Waals surface area contributed by atoms with Gasteiger partial charge in [0.2, 0.25) is 0 Å². The lowest BCUT2D eigenvalue weighted by atomic mass is 10.1. The average Bonchev–Trinajstić information content (AvgIpc) is 2.48. The van der Waals surface area contributed by atoms with Crippen molar-refractivity contribution in [1.82, 2.24) is 4.98 Å². The van der Waals surface area contributed by atoms with Gasteiger partial charge in [0.15, 0.2) is 0 Å². The van der Waals surface area contributed by atoms with Crippen molar-refractivity contribution in [2.45, 2.75) is 6.54 Å². The van der Waals surface area contributed by atoms with Gasteiger partial charge in [0.05, 0.1) is 5.02 Å². The maximum absolute atomic E-state index is 9.40. The number of rotatable bonds is 3. The van der Waals surface area contributed by atoms with E-state index in [9.17, 15) is 5.11 Å². The highest BCUT2D eigenvalue weighted by molar-refractivity contribution is 6.32. The Hall–Kier alpha value is -2.26. The van der Waals surface area contributed by atoms with E-state index in [4.69, 9.17) is 11.6 Å². The van der Waals surface area contributed by atoms with Gasteiger partial charge in [-0.1, -0.05) is 35.9 Å². The van der Waals surface area contributed by atoms with Crippen LogP contribution in [-0.2, 0) is 6.54 Å². The molecular weight excluding hydrogens is 272 g/mol. The number of fused-ring (bicyclic) bond motifs is 1. The summed E-state index contributed by atoms with van der Waals surface area (Å²) in [6, 6.07) is 13.2. The molecule has 1 heterocycles. The fourth-order valence-corrected chi connectivity index (χ4v) is 2.31. The van der Waals surface area contributed by atoms with E-state index >= 15 is 0 Å². The van der Waals surface area contributed by atoms with E-state index in [1.54, 1.807) is 18.2 Å². The number of halogens is 1. The minimum absolute atomic E-state index is 0.0871. The first-order valence-corrected chi connectivity index (χ1v) is 6.66. The van der Waals surface area contributed by atoms with Gasteiger partial charge in [-0.05, 0) is 29.1 Å². The SMILES string of the molecule is Oc1ccc(NCc2cncc3ccccc23)cc1Cl. The number of phenolic OH excluding ortho intramolecular Hbond substituents is 1. The maximum atomic E-state index is 9.40. The number of nitrogens with zero attached hydrogens (tertiary/aromatic N) is 1. The zero-order valence-electron chi connectivity index (χ0n) is 10.7. The van der Waals surface area contributed by atoms with E-state index in [2.05, 4.69) is 16.4 Å². The van der Waals surface area contributed by atoms with Crippen LogP contribution in [0.25, 0.3) is 10.8 Å². The molecule has 0 unspecified atom stereocenters. The van der Waals surface area contributed by atoms with Gasteiger partial charge in [-0.15, -0.1) is 0 Å². The monoisotopic (exact) mass is 284 g/mol. The van der Waals surface area contributed by atoms with Crippen LogP contribution in [0.1, 0.15) is 5.56 Å². The molecule has 1 aromatic heterocycles. The summed E-state index contributed by atoms with van der Waals surface area (Å²) in [7, 11) is 0. The van der Waals surface area contributed by atoms with Gasteiger partial charge in [0.25, 0.3) is 0 Å². The van der Waals surface area contributed by atoms with Crippen LogP contribution in [-0.4, -0.2) is 10.1 Å². The van der Waals surface area contributed by atoms with Crippen LogP contribution in [0.5, 0.6) is 5.75 Å². The minimum atomic E-state index is 0.0871. The molecule has 4 heteroatoms. The van der Waals surface area contributed by atoms with Crippen molar-refractivity contribution < 1.29 is 5.11 Å². The zero-order valence-corrected chi connectivity index (χ0v) is 11.4. The Balaban J connectivity index is 1.85. The second kappa shape index (κ2) is 5.39. The first kappa shape index (κ1) is 12.8. The third kappa shape index (κ3) is 2.53. The molecule has 20 heavy (non-hydrogen) atoms. The molecule has 0 aliphatic heterocycles. The van der Waals surface area contributed by atoms with Gasteiger partial charge in [-0.25, -0.2) is 0 Å². The predicted octanol–water partition coefficient (Wildman–Crippen LogP) is 4.21. The van der Waals surface area contributed by atoms with E-state index in [0.717, 1.165) is 16.6 Å². The largest absolute Gasteiger partial charge is 0.506 e. The summed E-state index contributed by atoms with van der Waals surface area (Å²) in [5, 5.41) is 15.3. The molecule has 0 bridgehead atoms. The molecule has 0 aliphatic carbocycles. The smallest absolute Gasteiger partial charge is 0.134 e. The summed E-state index contributed by atoms with van der Waals surface area (Å²) in [4.78, 5) is 4.25. The highest BCUT2D eigenvalue weighted by Crippen LogP contribution is 2.26. The number of pyridine rings is 1. The summed E-state index contributed by atoms with van der Waals surface area (Å²) < 4.78 is 0. The Morgan fingerprint density at radius 1 is 1.10 bits per heavy atom. The first-order valence-electron chi connectivity index (χ1n) is 6.28. The summed E-state index contributed by atoms with van der Waals surface area (Å²) in [5.74, 6) is 0.0871. The predicted molar refractivity (Wildman–Crippen MR) is 82.2 cm³/mol. The van der Waals surface area contributed by atoms with Crippen LogP contribution in [0, 0.1) is 0 Å². The fraction of sp³-hybridized carbons (Fsp3) is 0.0625. The lowest BCUT2D eigenvalue weighted by Crippen LogP contribution is -2.00. The van der Waals surface area contributed by atoms with Gasteiger partial charge in [-0.3, -0.25) is 4.98 Å². The molecular formula is C16H13ClN2O. The second-order valence-corrected chi connectivity index (χ2v) is 4.95. The van der Waals surface area contributed by atoms with E-state index in [0.29, 0.717) is 11.6 Å². The molecule has 0 saturated heterocycles. The van der Waals surface area contributed by atoms with Gasteiger partial charge >= 0.3 is 0 Å². The van der Waals surface area contributed by atoms with E-state index < -0.39 is 0 Å². The highest BCUT2D eigenvalue weighted by atomic mass is 35.5. The molecule has 0 saturated carbocycles. The molecule has 0 radical (unpaired) electrons. The zero-order chi connectivity index (χ0) is 13.9. The molecule has 0 aliphatic rings. The molecule has 2 aromatic carbocycles. The Morgan fingerprint density at radius 2 is 1.95 bits per heavy atom. The molecule has 2 N–H and O–H groups in total. The molecule has 3 aromatic rings. The van der Waals surface area contributed by atoms with Crippen LogP contribution in [0.4, 0.5) is 5.69 Å². The number of hydrogen-bond acceptors (Lipinski definition) is 3. The van der Waals surface area contributed by atoms with Crippen LogP contribution >= 0.6 is 11.6 Å². The third-order valence-electron chi connectivity index (χ3n) is 3.18. The molecule has 0 amide bonds. The van der Waals surface area contributed by atoms with Crippen molar-refractivity contribution in [3.8, 4) is 5.75 Å². The van der Waals surface area contributed by atoms with Crippen LogP contribution < -0.4 is 5.32 Å². The number of phenols is 1. The van der Waals surface area contributed by atoms with Crippen molar-refractivity contribution >= 4 is 28.1 Å². The lowest BCUT2D eigenvalue weighted by molar-refractivity contribution is 0.475. The lowest BCUT2D eigenvalue weighted by Gasteiger charge is -2.09. The average molecular weight is 285 g/mol. The second-order valence-electron chi connectivity index (χ2n) is 4.54. The van der Waals surface area contributed by atoms with Gasteiger partial charge in [0, 0.05) is 30.0 Å². The van der Waals surface area contributed by atoms with Crippen LogP contribution in [0.2, 0.25) is 5.02 Å². The number of nitrogens with one attached hydrogen (secondary N) is 1. The molecule has 100 valence electrons. The summed E-state index contributed by atoms with van der Waals surface area (Å²) in [5.41, 5.74) is 1.98. The maximum Gasteiger partial charge on any atom is 0.134 e. The normalized spacial score (nSPS) is 10.7. The van der Waals surface area contributed by atoms with Gasteiger partial charge < -0.3 is 10.4 Å². The number of aromatic hydroxyl groups is 1. The quantitative estimate of drug-likeness (QED) is 0.708. The minimum Gasteiger partial charge on any atom is -0.506 e. The van der Waals surface area contributed by atoms with E-state index in [1.165, 1.54) is 5.39 Å². The molecule has 0 fully saturated rings. The van der Waals surface area contributed by atoms with E-state index in [-0.39, 0.29) is 5.75 Å². The molecule has 0 atom stereocenters. The summed E-state index contributed by atoms with van der Waals surface area (Å²) in [6.07, 6.45) is 3.72.